The number of hydrogen-bond donors (Lipinski definition) is 3. The number of carboxylic acid groups (broad SMARTS) is 1. The zero-order chi connectivity index (χ0) is 24.4. The van der Waals surface area contributed by atoms with E-state index in [1.807, 2.05) is 6.92 Å². The van der Waals surface area contributed by atoms with Gasteiger partial charge in [-0.1, -0.05) is 32.1 Å². The summed E-state index contributed by atoms with van der Waals surface area (Å²) >= 11 is 0. The Morgan fingerprint density at radius 2 is 1.94 bits per heavy atom. The van der Waals surface area contributed by atoms with E-state index < -0.39 is 28.8 Å². The minimum Gasteiger partial charge on any atom is -0.507 e. The Labute approximate surface area is 192 Å². The molecule has 3 N–H and O–H groups in total. The summed E-state index contributed by atoms with van der Waals surface area (Å²) in [5, 5.41) is 21.0. The third-order valence-electron chi connectivity index (χ3n) is 4.85. The van der Waals surface area contributed by atoms with E-state index in [9.17, 15) is 19.5 Å². The molecule has 0 aliphatic heterocycles. The van der Waals surface area contributed by atoms with Crippen LogP contribution in [0.4, 0.5) is 4.79 Å². The highest BCUT2D eigenvalue weighted by molar-refractivity contribution is 6.12. The number of rotatable bonds is 11. The number of ketones is 1. The van der Waals surface area contributed by atoms with E-state index in [4.69, 9.17) is 14.3 Å². The fourth-order valence-electron chi connectivity index (χ4n) is 3.05. The molecule has 0 radical (unpaired) electrons. The molecule has 8 heteroatoms. The lowest BCUT2D eigenvalue weighted by molar-refractivity contribution is 0.102. The zero-order valence-corrected chi connectivity index (χ0v) is 19.0. The number of aromatic hydroxyl groups is 1. The van der Waals surface area contributed by atoms with Crippen LogP contribution in [0.25, 0.3) is 6.08 Å². The van der Waals surface area contributed by atoms with Crippen molar-refractivity contribution in [3.63, 3.8) is 0 Å². The number of benzene rings is 1. The summed E-state index contributed by atoms with van der Waals surface area (Å²) in [6.07, 6.45) is 5.39. The highest BCUT2D eigenvalue weighted by atomic mass is 16.5. The Kier molecular flexibility index (Phi) is 9.47. The minimum atomic E-state index is -1.15. The first kappa shape index (κ1) is 25.5. The standard InChI is InChI=1S/C25H29NO7/c1-4-13-32-19-10-8-18(9-11-19)14-17(3)23(28)22-20(27)15-21(33-24(22)29)16(2)7-5-6-12-26-25(30)31/h6,8-12,14-16,26-27H,4-5,7,13H2,1-3H3,(H,30,31). The summed E-state index contributed by atoms with van der Waals surface area (Å²) < 4.78 is 10.8. The number of carbonyl (C=O) groups excluding carboxylic acids is 1. The summed E-state index contributed by atoms with van der Waals surface area (Å²) in [6, 6.07) is 8.48. The molecule has 2 aromatic rings. The number of allylic oxidation sites excluding steroid dienone is 2. The number of nitrogens with one attached hydrogen (secondary N) is 1. The van der Waals surface area contributed by atoms with Gasteiger partial charge in [0.25, 0.3) is 0 Å². The summed E-state index contributed by atoms with van der Waals surface area (Å²) in [5.41, 5.74) is -0.282. The van der Waals surface area contributed by atoms with Crippen LogP contribution in [0.1, 0.15) is 67.6 Å². The molecule has 1 unspecified atom stereocenters. The van der Waals surface area contributed by atoms with Gasteiger partial charge in [0.15, 0.2) is 5.78 Å². The molecule has 0 spiro atoms. The van der Waals surface area contributed by atoms with Crippen LogP contribution >= 0.6 is 0 Å². The SMILES string of the molecule is CCCOc1ccc(C=C(C)C(=O)c2c(O)cc(C(C)CCC=CNC(=O)O)oc2=O)cc1. The molecule has 1 atom stereocenters. The first-order chi connectivity index (χ1) is 15.7. The molecule has 0 fully saturated rings. The number of amides is 1. The molecular weight excluding hydrogens is 426 g/mol. The third kappa shape index (κ3) is 7.68. The second kappa shape index (κ2) is 12.3. The molecule has 2 rings (SSSR count). The van der Waals surface area contributed by atoms with Crippen LogP contribution in [0.2, 0.25) is 0 Å². The molecule has 1 aromatic carbocycles. The van der Waals surface area contributed by atoms with Gasteiger partial charge in [-0.05, 0) is 55.5 Å². The fourth-order valence-corrected chi connectivity index (χ4v) is 3.05. The van der Waals surface area contributed by atoms with E-state index in [1.165, 1.54) is 12.3 Å². The predicted molar refractivity (Wildman–Crippen MR) is 125 cm³/mol. The van der Waals surface area contributed by atoms with Gasteiger partial charge in [0.1, 0.15) is 22.8 Å². The molecule has 0 saturated heterocycles. The largest absolute Gasteiger partial charge is 0.507 e. The van der Waals surface area contributed by atoms with Crippen molar-refractivity contribution in [3.8, 4) is 11.5 Å². The highest BCUT2D eigenvalue weighted by Gasteiger charge is 2.22. The predicted octanol–water partition coefficient (Wildman–Crippen LogP) is 5.09. The maximum absolute atomic E-state index is 12.8. The van der Waals surface area contributed by atoms with Gasteiger partial charge in [-0.25, -0.2) is 9.59 Å². The second-order valence-corrected chi connectivity index (χ2v) is 7.60. The average molecular weight is 456 g/mol. The third-order valence-corrected chi connectivity index (χ3v) is 4.85. The monoisotopic (exact) mass is 455 g/mol. The summed E-state index contributed by atoms with van der Waals surface area (Å²) in [6.45, 7) is 6.01. The molecule has 0 bridgehead atoms. The number of carbonyl (C=O) groups is 2. The van der Waals surface area contributed by atoms with E-state index in [0.29, 0.717) is 19.4 Å². The summed E-state index contributed by atoms with van der Waals surface area (Å²) in [5.74, 6) is -0.299. The smallest absolute Gasteiger partial charge is 0.408 e. The number of ether oxygens (including phenoxy) is 1. The Morgan fingerprint density at radius 3 is 2.55 bits per heavy atom. The Hall–Kier alpha value is -3.81. The van der Waals surface area contributed by atoms with Crippen LogP contribution in [0, 0.1) is 0 Å². The number of hydrogen-bond acceptors (Lipinski definition) is 6. The van der Waals surface area contributed by atoms with E-state index in [2.05, 4.69) is 5.32 Å². The second-order valence-electron chi connectivity index (χ2n) is 7.60. The van der Waals surface area contributed by atoms with Crippen LogP contribution in [-0.2, 0) is 0 Å². The van der Waals surface area contributed by atoms with Gasteiger partial charge in [0.05, 0.1) is 6.61 Å². The lowest BCUT2D eigenvalue weighted by Gasteiger charge is -2.11. The van der Waals surface area contributed by atoms with Crippen molar-refractivity contribution in [2.24, 2.45) is 0 Å². The minimum absolute atomic E-state index is 0.229. The average Bonchev–Trinajstić information content (AvgIpc) is 2.77. The van der Waals surface area contributed by atoms with Crippen LogP contribution in [0.3, 0.4) is 0 Å². The maximum atomic E-state index is 12.8. The molecule has 8 nitrogen and oxygen atoms in total. The fraction of sp³-hybridized carbons (Fsp3) is 0.320. The zero-order valence-electron chi connectivity index (χ0n) is 19.0. The van der Waals surface area contributed by atoms with Gasteiger partial charge in [-0.15, -0.1) is 0 Å². The molecule has 0 aliphatic carbocycles. The first-order valence-electron chi connectivity index (χ1n) is 10.7. The van der Waals surface area contributed by atoms with Crippen molar-refractivity contribution in [3.05, 3.63) is 75.5 Å². The Balaban J connectivity index is 2.12. The van der Waals surface area contributed by atoms with E-state index in [-0.39, 0.29) is 17.3 Å². The summed E-state index contributed by atoms with van der Waals surface area (Å²) in [7, 11) is 0. The van der Waals surface area contributed by atoms with Crippen molar-refractivity contribution < 1.29 is 29.0 Å². The van der Waals surface area contributed by atoms with Crippen molar-refractivity contribution in [2.45, 2.75) is 46.0 Å². The van der Waals surface area contributed by atoms with E-state index >= 15 is 0 Å². The Bertz CT molecular complexity index is 1080. The van der Waals surface area contributed by atoms with Crippen molar-refractivity contribution >= 4 is 18.0 Å². The molecule has 1 amide bonds. The number of Topliss-reactive ketones (excluding diaryl/α,β-unsaturated/α-hetero) is 1. The molecule has 1 heterocycles. The molecule has 0 aliphatic rings. The van der Waals surface area contributed by atoms with Gasteiger partial charge in [0, 0.05) is 18.2 Å². The van der Waals surface area contributed by atoms with Gasteiger partial charge in [-0.3, -0.25) is 10.1 Å². The van der Waals surface area contributed by atoms with Gasteiger partial charge in [-0.2, -0.15) is 0 Å². The topological polar surface area (TPSA) is 126 Å². The molecular formula is C25H29NO7. The highest BCUT2D eigenvalue weighted by Crippen LogP contribution is 2.26. The van der Waals surface area contributed by atoms with Crippen LogP contribution < -0.4 is 15.7 Å². The molecule has 0 saturated carbocycles. The van der Waals surface area contributed by atoms with E-state index in [1.54, 1.807) is 50.3 Å². The molecule has 33 heavy (non-hydrogen) atoms. The van der Waals surface area contributed by atoms with Crippen LogP contribution in [0.5, 0.6) is 11.5 Å². The van der Waals surface area contributed by atoms with Crippen LogP contribution in [-0.4, -0.2) is 28.7 Å². The quantitative estimate of drug-likeness (QED) is 0.318. The lowest BCUT2D eigenvalue weighted by atomic mass is 9.99. The van der Waals surface area contributed by atoms with Crippen molar-refractivity contribution in [2.75, 3.05) is 6.61 Å². The van der Waals surface area contributed by atoms with Crippen molar-refractivity contribution in [1.82, 2.24) is 5.32 Å². The van der Waals surface area contributed by atoms with Crippen molar-refractivity contribution in [1.29, 1.82) is 0 Å². The normalized spacial score (nSPS) is 12.5. The lowest BCUT2D eigenvalue weighted by Crippen LogP contribution is -2.16. The Morgan fingerprint density at radius 1 is 1.24 bits per heavy atom. The van der Waals surface area contributed by atoms with Gasteiger partial charge in [0.2, 0.25) is 0 Å². The van der Waals surface area contributed by atoms with Crippen LogP contribution in [0.15, 0.2) is 57.4 Å². The summed E-state index contributed by atoms with van der Waals surface area (Å²) in [4.78, 5) is 35.7. The molecule has 176 valence electrons. The van der Waals surface area contributed by atoms with Gasteiger partial charge < -0.3 is 19.4 Å². The first-order valence-corrected chi connectivity index (χ1v) is 10.7. The maximum Gasteiger partial charge on any atom is 0.408 e. The van der Waals surface area contributed by atoms with E-state index in [0.717, 1.165) is 17.7 Å². The van der Waals surface area contributed by atoms with Gasteiger partial charge >= 0.3 is 11.7 Å². The molecule has 1 aromatic heterocycles.